The first-order valence-electron chi connectivity index (χ1n) is 6.53. The minimum absolute atomic E-state index is 0.142. The summed E-state index contributed by atoms with van der Waals surface area (Å²) >= 11 is 0. The predicted octanol–water partition coefficient (Wildman–Crippen LogP) is 2.52. The minimum Gasteiger partial charge on any atom is -0.465 e. The maximum Gasteiger partial charge on any atom is 0.326 e. The molecule has 1 aliphatic rings. The lowest BCUT2D eigenvalue weighted by Crippen LogP contribution is -2.40. The Morgan fingerprint density at radius 3 is 2.68 bits per heavy atom. The second-order valence-electron chi connectivity index (χ2n) is 4.96. The lowest BCUT2D eigenvalue weighted by Gasteiger charge is -2.32. The van der Waals surface area contributed by atoms with Crippen LogP contribution in [0.3, 0.4) is 0 Å². The Hall–Kier alpha value is -1.84. The number of esters is 2. The monoisotopic (exact) mass is 262 g/mol. The van der Waals surface area contributed by atoms with E-state index >= 15 is 0 Å². The van der Waals surface area contributed by atoms with Crippen molar-refractivity contribution in [2.45, 2.75) is 26.7 Å². The molecule has 1 aromatic carbocycles. The normalized spacial score (nSPS) is 21.8. The van der Waals surface area contributed by atoms with E-state index in [0.717, 1.165) is 5.56 Å². The van der Waals surface area contributed by atoms with Gasteiger partial charge in [-0.2, -0.15) is 0 Å². The minimum atomic E-state index is -0.866. The van der Waals surface area contributed by atoms with Crippen LogP contribution in [0.1, 0.15) is 32.3 Å². The molecule has 0 amide bonds. The van der Waals surface area contributed by atoms with Crippen LogP contribution in [-0.2, 0) is 14.3 Å². The van der Waals surface area contributed by atoms with Crippen LogP contribution in [0.4, 0.5) is 0 Å². The van der Waals surface area contributed by atoms with Gasteiger partial charge >= 0.3 is 11.9 Å². The van der Waals surface area contributed by atoms with Crippen molar-refractivity contribution in [3.05, 3.63) is 29.8 Å². The summed E-state index contributed by atoms with van der Waals surface area (Å²) in [6.45, 7) is 5.97. The molecule has 102 valence electrons. The Labute approximate surface area is 112 Å². The average molecular weight is 262 g/mol. The third kappa shape index (κ3) is 2.48. The Kier molecular flexibility index (Phi) is 3.88. The van der Waals surface area contributed by atoms with Crippen LogP contribution in [0.2, 0.25) is 0 Å². The number of rotatable bonds is 3. The molecule has 4 heteroatoms. The highest BCUT2D eigenvalue weighted by Crippen LogP contribution is 2.42. The van der Waals surface area contributed by atoms with Gasteiger partial charge in [0.15, 0.2) is 5.92 Å². The number of benzene rings is 1. The van der Waals surface area contributed by atoms with Crippen LogP contribution in [0.15, 0.2) is 24.3 Å². The van der Waals surface area contributed by atoms with Crippen molar-refractivity contribution in [1.29, 1.82) is 0 Å². The van der Waals surface area contributed by atoms with Crippen LogP contribution in [0.25, 0.3) is 0 Å². The summed E-state index contributed by atoms with van der Waals surface area (Å²) in [7, 11) is 0. The van der Waals surface area contributed by atoms with Crippen LogP contribution in [0, 0.1) is 11.8 Å². The zero-order valence-electron chi connectivity index (χ0n) is 11.4. The van der Waals surface area contributed by atoms with Gasteiger partial charge < -0.3 is 9.47 Å². The summed E-state index contributed by atoms with van der Waals surface area (Å²) in [5.41, 5.74) is 0.898. The van der Waals surface area contributed by atoms with Crippen LogP contribution in [-0.4, -0.2) is 18.5 Å². The number of ether oxygens (including phenoxy) is 2. The first kappa shape index (κ1) is 13.6. The third-order valence-corrected chi connectivity index (χ3v) is 3.36. The van der Waals surface area contributed by atoms with Gasteiger partial charge in [0.25, 0.3) is 0 Å². The molecule has 1 aliphatic heterocycles. The summed E-state index contributed by atoms with van der Waals surface area (Å²) in [5.74, 6) is -1.39. The molecule has 0 radical (unpaired) electrons. The lowest BCUT2D eigenvalue weighted by molar-refractivity contribution is -0.160. The van der Waals surface area contributed by atoms with Crippen LogP contribution < -0.4 is 4.74 Å². The summed E-state index contributed by atoms with van der Waals surface area (Å²) in [6, 6.07) is 7.35. The van der Waals surface area contributed by atoms with E-state index in [4.69, 9.17) is 9.47 Å². The van der Waals surface area contributed by atoms with Crippen molar-refractivity contribution >= 4 is 11.9 Å². The molecule has 0 aromatic heterocycles. The Bertz CT molecular complexity index is 493. The van der Waals surface area contributed by atoms with Crippen molar-refractivity contribution < 1.29 is 19.1 Å². The van der Waals surface area contributed by atoms with Crippen molar-refractivity contribution in [2.75, 3.05) is 6.61 Å². The Morgan fingerprint density at radius 1 is 1.37 bits per heavy atom. The molecule has 0 fully saturated rings. The molecule has 2 atom stereocenters. The van der Waals surface area contributed by atoms with E-state index in [-0.39, 0.29) is 18.4 Å². The molecule has 0 saturated carbocycles. The lowest BCUT2D eigenvalue weighted by atomic mass is 9.76. The molecular formula is C15H18O4. The number of carbonyl (C=O) groups is 2. The van der Waals surface area contributed by atoms with Crippen molar-refractivity contribution in [3.63, 3.8) is 0 Å². The smallest absolute Gasteiger partial charge is 0.326 e. The standard InChI is InChI=1S/C15H18O4/c1-4-18-14(16)13-12(9(2)3)10-7-5-6-8-11(10)19-15(13)17/h5-9,12-13H,4H2,1-3H3/t12-,13-/m0/s1. The third-order valence-electron chi connectivity index (χ3n) is 3.36. The average Bonchev–Trinajstić information content (AvgIpc) is 2.37. The summed E-state index contributed by atoms with van der Waals surface area (Å²) in [4.78, 5) is 24.1. The van der Waals surface area contributed by atoms with E-state index in [2.05, 4.69) is 0 Å². The highest BCUT2D eigenvalue weighted by Gasteiger charge is 2.44. The van der Waals surface area contributed by atoms with E-state index in [1.807, 2.05) is 32.0 Å². The van der Waals surface area contributed by atoms with Gasteiger partial charge in [-0.05, 0) is 24.5 Å². The molecule has 1 aromatic rings. The number of hydrogen-bond donors (Lipinski definition) is 0. The van der Waals surface area contributed by atoms with E-state index < -0.39 is 17.9 Å². The Morgan fingerprint density at radius 2 is 2.05 bits per heavy atom. The second-order valence-corrected chi connectivity index (χ2v) is 4.96. The summed E-state index contributed by atoms with van der Waals surface area (Å²) in [5, 5.41) is 0. The quantitative estimate of drug-likeness (QED) is 0.477. The fraction of sp³-hybridized carbons (Fsp3) is 0.467. The number of hydrogen-bond acceptors (Lipinski definition) is 4. The van der Waals surface area contributed by atoms with E-state index in [9.17, 15) is 9.59 Å². The fourth-order valence-corrected chi connectivity index (χ4v) is 2.57. The Balaban J connectivity index is 2.44. The van der Waals surface area contributed by atoms with E-state index in [0.29, 0.717) is 5.75 Å². The van der Waals surface area contributed by atoms with Gasteiger partial charge in [-0.25, -0.2) is 0 Å². The summed E-state index contributed by atoms with van der Waals surface area (Å²) in [6.07, 6.45) is 0. The molecular weight excluding hydrogens is 244 g/mol. The van der Waals surface area contributed by atoms with Crippen molar-refractivity contribution in [3.8, 4) is 5.75 Å². The second kappa shape index (κ2) is 5.43. The van der Waals surface area contributed by atoms with E-state index in [1.165, 1.54) is 0 Å². The SMILES string of the molecule is CCOC(=O)[C@H]1C(=O)Oc2ccccc2[C@@H]1C(C)C. The van der Waals surface area contributed by atoms with Gasteiger partial charge in [-0.1, -0.05) is 32.0 Å². The van der Waals surface area contributed by atoms with Crippen LogP contribution in [0.5, 0.6) is 5.75 Å². The first-order valence-corrected chi connectivity index (χ1v) is 6.53. The molecule has 0 saturated heterocycles. The van der Waals surface area contributed by atoms with Crippen molar-refractivity contribution in [2.24, 2.45) is 11.8 Å². The van der Waals surface area contributed by atoms with Crippen LogP contribution >= 0.6 is 0 Å². The van der Waals surface area contributed by atoms with Gasteiger partial charge in [0.1, 0.15) is 5.75 Å². The highest BCUT2D eigenvalue weighted by molar-refractivity contribution is 5.98. The zero-order valence-corrected chi connectivity index (χ0v) is 11.4. The predicted molar refractivity (Wildman–Crippen MR) is 69.8 cm³/mol. The largest absolute Gasteiger partial charge is 0.465 e. The summed E-state index contributed by atoms with van der Waals surface area (Å²) < 4.78 is 10.3. The molecule has 0 spiro atoms. The topological polar surface area (TPSA) is 52.6 Å². The molecule has 0 bridgehead atoms. The maximum absolute atomic E-state index is 12.1. The maximum atomic E-state index is 12.1. The van der Waals surface area contributed by atoms with Gasteiger partial charge in [-0.15, -0.1) is 0 Å². The van der Waals surface area contributed by atoms with Crippen molar-refractivity contribution in [1.82, 2.24) is 0 Å². The molecule has 0 aliphatic carbocycles. The highest BCUT2D eigenvalue weighted by atomic mass is 16.6. The number of fused-ring (bicyclic) bond motifs is 1. The first-order chi connectivity index (χ1) is 9.06. The van der Waals surface area contributed by atoms with Gasteiger partial charge in [0.05, 0.1) is 6.61 Å². The van der Waals surface area contributed by atoms with Gasteiger partial charge in [-0.3, -0.25) is 9.59 Å². The number of para-hydroxylation sites is 1. The molecule has 1 heterocycles. The van der Waals surface area contributed by atoms with E-state index in [1.54, 1.807) is 13.0 Å². The van der Waals surface area contributed by atoms with Gasteiger partial charge in [0, 0.05) is 5.92 Å². The molecule has 19 heavy (non-hydrogen) atoms. The fourth-order valence-electron chi connectivity index (χ4n) is 2.57. The molecule has 0 unspecified atom stereocenters. The number of carbonyl (C=O) groups excluding carboxylic acids is 2. The molecule has 0 N–H and O–H groups in total. The molecule has 4 nitrogen and oxygen atoms in total. The molecule has 2 rings (SSSR count). The van der Waals surface area contributed by atoms with Gasteiger partial charge in [0.2, 0.25) is 0 Å². The zero-order chi connectivity index (χ0) is 14.0.